The summed E-state index contributed by atoms with van der Waals surface area (Å²) in [4.78, 5) is 17.4. The number of carbonyl (C=O) groups excluding carboxylic acids is 1. The Balaban J connectivity index is 1.61. The molecular weight excluding hydrogens is 352 g/mol. The molecular formula is C17H18F4N4O. The third kappa shape index (κ3) is 4.04. The summed E-state index contributed by atoms with van der Waals surface area (Å²) in [6, 6.07) is 5.62. The van der Waals surface area contributed by atoms with Crippen molar-refractivity contribution in [1.29, 1.82) is 0 Å². The molecule has 26 heavy (non-hydrogen) atoms. The van der Waals surface area contributed by atoms with Crippen molar-refractivity contribution in [3.05, 3.63) is 53.4 Å². The van der Waals surface area contributed by atoms with E-state index in [0.717, 1.165) is 6.20 Å². The van der Waals surface area contributed by atoms with Crippen LogP contribution in [0.1, 0.15) is 23.5 Å². The van der Waals surface area contributed by atoms with Crippen molar-refractivity contribution in [2.45, 2.75) is 38.1 Å². The van der Waals surface area contributed by atoms with E-state index in [9.17, 15) is 22.4 Å². The minimum atomic E-state index is -4.51. The minimum absolute atomic E-state index is 0.00132. The van der Waals surface area contributed by atoms with E-state index in [-0.39, 0.29) is 50.0 Å². The fourth-order valence-corrected chi connectivity index (χ4v) is 2.97. The molecule has 0 fully saturated rings. The number of imidazole rings is 1. The van der Waals surface area contributed by atoms with Gasteiger partial charge in [-0.2, -0.15) is 13.2 Å². The molecule has 3 rings (SSSR count). The van der Waals surface area contributed by atoms with Gasteiger partial charge < -0.3 is 15.2 Å². The molecule has 9 heteroatoms. The molecule has 1 aliphatic heterocycles. The topological polar surface area (TPSA) is 64.2 Å². The second-order valence-corrected chi connectivity index (χ2v) is 6.31. The second kappa shape index (κ2) is 7.06. The Hall–Kier alpha value is -2.42. The van der Waals surface area contributed by atoms with Gasteiger partial charge in [0.15, 0.2) is 5.69 Å². The van der Waals surface area contributed by atoms with Crippen molar-refractivity contribution in [3.8, 4) is 0 Å². The highest BCUT2D eigenvalue weighted by molar-refractivity contribution is 5.76. The van der Waals surface area contributed by atoms with E-state index >= 15 is 0 Å². The summed E-state index contributed by atoms with van der Waals surface area (Å²) in [6.07, 6.45) is -3.36. The molecule has 0 bridgehead atoms. The first-order valence-electron chi connectivity index (χ1n) is 8.14. The van der Waals surface area contributed by atoms with Gasteiger partial charge in [-0.3, -0.25) is 4.79 Å². The van der Waals surface area contributed by atoms with Crippen molar-refractivity contribution < 1.29 is 22.4 Å². The number of benzene rings is 1. The fraction of sp³-hybridized carbons (Fsp3) is 0.412. The number of nitrogens with zero attached hydrogens (tertiary/aromatic N) is 3. The van der Waals surface area contributed by atoms with E-state index in [0.29, 0.717) is 5.56 Å². The summed E-state index contributed by atoms with van der Waals surface area (Å²) in [5.74, 6) is -0.466. The van der Waals surface area contributed by atoms with Gasteiger partial charge >= 0.3 is 6.18 Å². The van der Waals surface area contributed by atoms with Crippen LogP contribution in [0.3, 0.4) is 0 Å². The molecule has 1 amide bonds. The molecule has 5 nitrogen and oxygen atoms in total. The second-order valence-electron chi connectivity index (χ2n) is 6.31. The van der Waals surface area contributed by atoms with Gasteiger partial charge in [-0.05, 0) is 18.1 Å². The summed E-state index contributed by atoms with van der Waals surface area (Å²) < 4.78 is 53.3. The van der Waals surface area contributed by atoms with Crippen molar-refractivity contribution in [1.82, 2.24) is 14.5 Å². The molecule has 1 atom stereocenters. The number of rotatable bonds is 4. The Morgan fingerprint density at radius 3 is 2.69 bits per heavy atom. The number of halogens is 4. The molecule has 2 aromatic rings. The third-order valence-corrected chi connectivity index (χ3v) is 4.32. The van der Waals surface area contributed by atoms with E-state index < -0.39 is 17.9 Å². The quantitative estimate of drug-likeness (QED) is 0.841. The van der Waals surface area contributed by atoms with Crippen LogP contribution < -0.4 is 5.73 Å². The van der Waals surface area contributed by atoms with E-state index in [1.165, 1.54) is 15.5 Å². The molecule has 0 radical (unpaired) electrons. The maximum atomic E-state index is 13.7. The molecule has 2 heterocycles. The molecule has 1 aromatic heterocycles. The standard InChI is InChI=1S/C17H18F4N4O/c18-13-4-2-1-3-11(13)7-12(22)8-16(26)25-6-5-24-9-14(17(19,20)21)23-15(24)10-25/h1-4,9,12H,5-8,10,22H2. The van der Waals surface area contributed by atoms with E-state index in [2.05, 4.69) is 4.98 Å². The first-order valence-corrected chi connectivity index (χ1v) is 8.14. The van der Waals surface area contributed by atoms with Crippen molar-refractivity contribution in [3.63, 3.8) is 0 Å². The van der Waals surface area contributed by atoms with Crippen molar-refractivity contribution in [2.24, 2.45) is 5.73 Å². The number of amides is 1. The summed E-state index contributed by atoms with van der Waals surface area (Å²) in [5, 5.41) is 0. The van der Waals surface area contributed by atoms with Gasteiger partial charge in [-0.15, -0.1) is 0 Å². The Kier molecular flexibility index (Phi) is 4.99. The molecule has 140 valence electrons. The number of fused-ring (bicyclic) bond motifs is 1. The van der Waals surface area contributed by atoms with Gasteiger partial charge in [0.2, 0.25) is 5.91 Å². The average Bonchev–Trinajstić information content (AvgIpc) is 3.00. The highest BCUT2D eigenvalue weighted by Gasteiger charge is 2.36. The van der Waals surface area contributed by atoms with Crippen molar-refractivity contribution in [2.75, 3.05) is 6.54 Å². The smallest absolute Gasteiger partial charge is 0.333 e. The monoisotopic (exact) mass is 370 g/mol. The van der Waals surface area contributed by atoms with Crippen LogP contribution in [-0.4, -0.2) is 32.9 Å². The third-order valence-electron chi connectivity index (χ3n) is 4.32. The molecule has 1 unspecified atom stereocenters. The van der Waals surface area contributed by atoms with Crippen molar-refractivity contribution >= 4 is 5.91 Å². The Labute approximate surface area is 147 Å². The van der Waals surface area contributed by atoms with Gasteiger partial charge in [-0.1, -0.05) is 18.2 Å². The molecule has 2 N–H and O–H groups in total. The Morgan fingerprint density at radius 1 is 1.27 bits per heavy atom. The van der Waals surface area contributed by atoms with E-state index in [1.807, 2.05) is 0 Å². The van der Waals surface area contributed by atoms with Crippen LogP contribution in [0.4, 0.5) is 17.6 Å². The Bertz CT molecular complexity index is 802. The predicted molar refractivity (Wildman–Crippen MR) is 85.3 cm³/mol. The molecule has 1 aromatic carbocycles. The molecule has 1 aliphatic rings. The molecule has 0 saturated carbocycles. The molecule has 0 aliphatic carbocycles. The predicted octanol–water partition coefficient (Wildman–Crippen LogP) is 2.34. The van der Waals surface area contributed by atoms with Crippen LogP contribution in [0.25, 0.3) is 0 Å². The number of nitrogens with two attached hydrogens (primary N) is 1. The number of hydrogen-bond acceptors (Lipinski definition) is 3. The lowest BCUT2D eigenvalue weighted by molar-refractivity contribution is -0.141. The van der Waals surface area contributed by atoms with Crippen LogP contribution >= 0.6 is 0 Å². The van der Waals surface area contributed by atoms with Gasteiger partial charge in [0.1, 0.15) is 11.6 Å². The number of alkyl halides is 3. The number of carbonyl (C=O) groups is 1. The van der Waals surface area contributed by atoms with Crippen LogP contribution in [0.5, 0.6) is 0 Å². The van der Waals surface area contributed by atoms with Gasteiger partial charge in [0, 0.05) is 31.7 Å². The maximum Gasteiger partial charge on any atom is 0.434 e. The zero-order valence-electron chi connectivity index (χ0n) is 13.8. The SMILES string of the molecule is NC(CC(=O)N1CCn2cc(C(F)(F)F)nc2C1)Cc1ccccc1F. The van der Waals surface area contributed by atoms with Crippen LogP contribution in [0, 0.1) is 5.82 Å². The highest BCUT2D eigenvalue weighted by atomic mass is 19.4. The normalized spacial score (nSPS) is 15.7. The first-order chi connectivity index (χ1) is 12.2. The summed E-state index contributed by atoms with van der Waals surface area (Å²) in [6.45, 7) is 0.528. The van der Waals surface area contributed by atoms with Gasteiger partial charge in [0.05, 0.1) is 6.54 Å². The maximum absolute atomic E-state index is 13.7. The summed E-state index contributed by atoms with van der Waals surface area (Å²) >= 11 is 0. The van der Waals surface area contributed by atoms with Gasteiger partial charge in [0.25, 0.3) is 0 Å². The number of hydrogen-bond donors (Lipinski definition) is 1. The highest BCUT2D eigenvalue weighted by Crippen LogP contribution is 2.29. The van der Waals surface area contributed by atoms with Crippen LogP contribution in [-0.2, 0) is 30.5 Å². The van der Waals surface area contributed by atoms with Gasteiger partial charge in [-0.25, -0.2) is 9.37 Å². The zero-order valence-corrected chi connectivity index (χ0v) is 13.8. The summed E-state index contributed by atoms with van der Waals surface area (Å²) in [7, 11) is 0. The molecule has 0 saturated heterocycles. The average molecular weight is 370 g/mol. The minimum Gasteiger partial charge on any atom is -0.333 e. The summed E-state index contributed by atoms with van der Waals surface area (Å²) in [5.41, 5.74) is 5.42. The Morgan fingerprint density at radius 2 is 2.00 bits per heavy atom. The zero-order chi connectivity index (χ0) is 18.9. The lowest BCUT2D eigenvalue weighted by atomic mass is 10.0. The van der Waals surface area contributed by atoms with Crippen LogP contribution in [0.2, 0.25) is 0 Å². The number of aromatic nitrogens is 2. The first kappa shape index (κ1) is 18.4. The van der Waals surface area contributed by atoms with Crippen LogP contribution in [0.15, 0.2) is 30.5 Å². The lowest BCUT2D eigenvalue weighted by Gasteiger charge is -2.28. The molecule has 0 spiro atoms. The fourth-order valence-electron chi connectivity index (χ4n) is 2.97. The lowest BCUT2D eigenvalue weighted by Crippen LogP contribution is -2.41. The van der Waals surface area contributed by atoms with E-state index in [1.54, 1.807) is 18.2 Å². The van der Waals surface area contributed by atoms with E-state index in [4.69, 9.17) is 5.73 Å². The largest absolute Gasteiger partial charge is 0.434 e.